The van der Waals surface area contributed by atoms with Gasteiger partial charge in [-0.05, 0) is 55.0 Å². The summed E-state index contributed by atoms with van der Waals surface area (Å²) < 4.78 is 1.81. The number of carbonyl (C=O) groups excluding carboxylic acids is 1. The smallest absolute Gasteiger partial charge is 0.253 e. The van der Waals surface area contributed by atoms with Crippen molar-refractivity contribution in [3.63, 3.8) is 0 Å². The third-order valence-electron chi connectivity index (χ3n) is 5.46. The average molecular weight is 309 g/mol. The third-order valence-corrected chi connectivity index (χ3v) is 5.46. The summed E-state index contributed by atoms with van der Waals surface area (Å²) in [6.45, 7) is 1.87. The SMILES string of the molecule is O=C(c1ccc(-n2cccn2)cc1)N1CC[C@@H]2CCCC[C@@H]2C1. The van der Waals surface area contributed by atoms with Crippen LogP contribution in [0.15, 0.2) is 42.7 Å². The Balaban J connectivity index is 1.46. The summed E-state index contributed by atoms with van der Waals surface area (Å²) in [5.74, 6) is 1.76. The number of rotatable bonds is 2. The summed E-state index contributed by atoms with van der Waals surface area (Å²) in [6.07, 6.45) is 10.2. The van der Waals surface area contributed by atoms with Gasteiger partial charge in [-0.25, -0.2) is 4.68 Å². The molecule has 4 heteroatoms. The van der Waals surface area contributed by atoms with Crippen LogP contribution in [0.1, 0.15) is 42.5 Å². The van der Waals surface area contributed by atoms with E-state index in [1.807, 2.05) is 41.2 Å². The predicted molar refractivity (Wildman–Crippen MR) is 89.5 cm³/mol. The largest absolute Gasteiger partial charge is 0.338 e. The van der Waals surface area contributed by atoms with E-state index in [0.29, 0.717) is 0 Å². The number of piperidine rings is 1. The lowest BCUT2D eigenvalue weighted by Gasteiger charge is -2.41. The number of hydrogen-bond donors (Lipinski definition) is 0. The van der Waals surface area contributed by atoms with E-state index in [4.69, 9.17) is 0 Å². The molecule has 2 fully saturated rings. The maximum atomic E-state index is 12.8. The fraction of sp³-hybridized carbons (Fsp3) is 0.474. The maximum absolute atomic E-state index is 12.8. The van der Waals surface area contributed by atoms with Crippen molar-refractivity contribution in [1.82, 2.24) is 14.7 Å². The van der Waals surface area contributed by atoms with Crippen molar-refractivity contribution in [3.8, 4) is 5.69 Å². The normalized spacial score (nSPS) is 24.3. The summed E-state index contributed by atoms with van der Waals surface area (Å²) in [5, 5.41) is 4.22. The summed E-state index contributed by atoms with van der Waals surface area (Å²) in [6, 6.07) is 9.67. The van der Waals surface area contributed by atoms with E-state index in [2.05, 4.69) is 10.00 Å². The molecule has 0 N–H and O–H groups in total. The Hall–Kier alpha value is -2.10. The van der Waals surface area contributed by atoms with Gasteiger partial charge in [-0.1, -0.05) is 19.3 Å². The van der Waals surface area contributed by atoms with Gasteiger partial charge in [0.25, 0.3) is 5.91 Å². The number of amides is 1. The highest BCUT2D eigenvalue weighted by Crippen LogP contribution is 2.36. The second-order valence-corrected chi connectivity index (χ2v) is 6.84. The van der Waals surface area contributed by atoms with Crippen LogP contribution < -0.4 is 0 Å². The Kier molecular flexibility index (Phi) is 3.90. The lowest BCUT2D eigenvalue weighted by molar-refractivity contribution is 0.0521. The highest BCUT2D eigenvalue weighted by Gasteiger charge is 2.33. The molecule has 4 rings (SSSR count). The van der Waals surface area contributed by atoms with Gasteiger partial charge in [-0.2, -0.15) is 5.10 Å². The molecule has 0 unspecified atom stereocenters. The molecule has 0 radical (unpaired) electrons. The first-order valence-electron chi connectivity index (χ1n) is 8.70. The molecule has 1 saturated carbocycles. The van der Waals surface area contributed by atoms with E-state index in [9.17, 15) is 4.79 Å². The number of nitrogens with zero attached hydrogens (tertiary/aromatic N) is 3. The van der Waals surface area contributed by atoms with Crippen molar-refractivity contribution in [2.24, 2.45) is 11.8 Å². The molecular formula is C19H23N3O. The van der Waals surface area contributed by atoms with Crippen molar-refractivity contribution in [1.29, 1.82) is 0 Å². The van der Waals surface area contributed by atoms with Crippen LogP contribution in [0, 0.1) is 11.8 Å². The minimum atomic E-state index is 0.182. The zero-order valence-electron chi connectivity index (χ0n) is 13.4. The van der Waals surface area contributed by atoms with Gasteiger partial charge in [0.05, 0.1) is 5.69 Å². The molecule has 2 atom stereocenters. The second kappa shape index (κ2) is 6.19. The number of likely N-dealkylation sites (tertiary alicyclic amines) is 1. The van der Waals surface area contributed by atoms with Crippen molar-refractivity contribution in [2.45, 2.75) is 32.1 Å². The van der Waals surface area contributed by atoms with Gasteiger partial charge in [0.1, 0.15) is 0 Å². The Bertz CT molecular complexity index is 662. The molecule has 2 heterocycles. The van der Waals surface area contributed by atoms with E-state index in [1.165, 1.54) is 32.1 Å². The van der Waals surface area contributed by atoms with Crippen LogP contribution in [-0.2, 0) is 0 Å². The van der Waals surface area contributed by atoms with E-state index in [-0.39, 0.29) is 5.91 Å². The molecule has 1 saturated heterocycles. The van der Waals surface area contributed by atoms with Crippen molar-refractivity contribution in [3.05, 3.63) is 48.3 Å². The molecule has 23 heavy (non-hydrogen) atoms. The van der Waals surface area contributed by atoms with Crippen LogP contribution in [0.5, 0.6) is 0 Å². The molecule has 1 amide bonds. The predicted octanol–water partition coefficient (Wildman–Crippen LogP) is 3.52. The second-order valence-electron chi connectivity index (χ2n) is 6.84. The summed E-state index contributed by atoms with van der Waals surface area (Å²) in [5.41, 5.74) is 1.77. The van der Waals surface area contributed by atoms with Gasteiger partial charge in [-0.3, -0.25) is 4.79 Å². The Labute approximate surface area is 137 Å². The Morgan fingerprint density at radius 1 is 1.04 bits per heavy atom. The fourth-order valence-corrected chi connectivity index (χ4v) is 4.15. The quantitative estimate of drug-likeness (QED) is 0.851. The standard InChI is InChI=1S/C19H23N3O/c23-19(21-13-10-15-4-1-2-5-17(15)14-21)16-6-8-18(9-7-16)22-12-3-11-20-22/h3,6-9,11-12,15,17H,1-2,4-5,10,13-14H2/t15-,17+/m0/s1. The number of hydrogen-bond acceptors (Lipinski definition) is 2. The molecule has 1 aromatic heterocycles. The maximum Gasteiger partial charge on any atom is 0.253 e. The first-order valence-corrected chi connectivity index (χ1v) is 8.70. The topological polar surface area (TPSA) is 38.1 Å². The van der Waals surface area contributed by atoms with E-state index in [1.54, 1.807) is 6.20 Å². The zero-order valence-corrected chi connectivity index (χ0v) is 13.4. The minimum Gasteiger partial charge on any atom is -0.338 e. The molecule has 120 valence electrons. The van der Waals surface area contributed by atoms with Gasteiger partial charge in [0, 0.05) is 31.0 Å². The van der Waals surface area contributed by atoms with Crippen LogP contribution >= 0.6 is 0 Å². The van der Waals surface area contributed by atoms with Crippen LogP contribution in [0.3, 0.4) is 0 Å². The molecule has 2 aromatic rings. The number of benzene rings is 1. The third kappa shape index (κ3) is 2.90. The average Bonchev–Trinajstić information content (AvgIpc) is 3.15. The highest BCUT2D eigenvalue weighted by molar-refractivity contribution is 5.94. The molecule has 2 aliphatic rings. The van der Waals surface area contributed by atoms with Crippen LogP contribution in [0.4, 0.5) is 0 Å². The highest BCUT2D eigenvalue weighted by atomic mass is 16.2. The van der Waals surface area contributed by atoms with Crippen molar-refractivity contribution >= 4 is 5.91 Å². The molecule has 1 aromatic carbocycles. The van der Waals surface area contributed by atoms with Gasteiger partial charge in [0.2, 0.25) is 0 Å². The lowest BCUT2D eigenvalue weighted by atomic mass is 9.75. The zero-order chi connectivity index (χ0) is 15.6. The molecule has 1 aliphatic heterocycles. The molecule has 1 aliphatic carbocycles. The van der Waals surface area contributed by atoms with Crippen LogP contribution in [0.2, 0.25) is 0 Å². The van der Waals surface area contributed by atoms with E-state index in [0.717, 1.165) is 36.2 Å². The van der Waals surface area contributed by atoms with Crippen LogP contribution in [0.25, 0.3) is 5.69 Å². The van der Waals surface area contributed by atoms with Gasteiger partial charge in [-0.15, -0.1) is 0 Å². The van der Waals surface area contributed by atoms with Gasteiger partial charge in [0.15, 0.2) is 0 Å². The van der Waals surface area contributed by atoms with Gasteiger partial charge < -0.3 is 4.90 Å². The summed E-state index contributed by atoms with van der Waals surface area (Å²) in [4.78, 5) is 14.8. The first kappa shape index (κ1) is 14.5. The van der Waals surface area contributed by atoms with Gasteiger partial charge >= 0.3 is 0 Å². The fourth-order valence-electron chi connectivity index (χ4n) is 4.15. The number of fused-ring (bicyclic) bond motifs is 1. The molecular weight excluding hydrogens is 286 g/mol. The Morgan fingerprint density at radius 3 is 2.57 bits per heavy atom. The van der Waals surface area contributed by atoms with E-state index < -0.39 is 0 Å². The Morgan fingerprint density at radius 2 is 1.83 bits per heavy atom. The molecule has 0 bridgehead atoms. The first-order chi connectivity index (χ1) is 11.3. The van der Waals surface area contributed by atoms with Crippen molar-refractivity contribution < 1.29 is 4.79 Å². The molecule has 4 nitrogen and oxygen atoms in total. The summed E-state index contributed by atoms with van der Waals surface area (Å²) in [7, 11) is 0. The summed E-state index contributed by atoms with van der Waals surface area (Å²) >= 11 is 0. The number of carbonyl (C=O) groups is 1. The monoisotopic (exact) mass is 309 g/mol. The number of aromatic nitrogens is 2. The minimum absolute atomic E-state index is 0.182. The van der Waals surface area contributed by atoms with Crippen molar-refractivity contribution in [2.75, 3.05) is 13.1 Å². The van der Waals surface area contributed by atoms with E-state index >= 15 is 0 Å². The van der Waals surface area contributed by atoms with Crippen LogP contribution in [-0.4, -0.2) is 33.7 Å². The molecule has 0 spiro atoms. The lowest BCUT2D eigenvalue weighted by Crippen LogP contribution is -2.44.